The minimum atomic E-state index is -0.981. The van der Waals surface area contributed by atoms with Gasteiger partial charge < -0.3 is 5.11 Å². The summed E-state index contributed by atoms with van der Waals surface area (Å²) < 4.78 is 0. The highest BCUT2D eigenvalue weighted by molar-refractivity contribution is 5.51. The molecule has 0 aliphatic carbocycles. The second kappa shape index (κ2) is 6.28. The number of tetrazole rings is 1. The topological polar surface area (TPSA) is 120 Å². The lowest BCUT2D eigenvalue weighted by atomic mass is 10.1. The molecular weight excluding hydrogens is 300 g/mol. The van der Waals surface area contributed by atoms with Crippen molar-refractivity contribution in [3.05, 3.63) is 64.5 Å². The second-order valence-electron chi connectivity index (χ2n) is 4.78. The van der Waals surface area contributed by atoms with Gasteiger partial charge in [0.15, 0.2) is 0 Å². The molecule has 23 heavy (non-hydrogen) atoms. The zero-order valence-corrected chi connectivity index (χ0v) is 11.9. The van der Waals surface area contributed by atoms with Gasteiger partial charge in [0, 0.05) is 30.1 Å². The Hall–Kier alpha value is -3.20. The summed E-state index contributed by atoms with van der Waals surface area (Å²) in [5.74, 6) is 0.393. The molecule has 9 heteroatoms. The van der Waals surface area contributed by atoms with Gasteiger partial charge in [-0.3, -0.25) is 15.1 Å². The summed E-state index contributed by atoms with van der Waals surface area (Å²) in [6.07, 6.45) is 2.27. The molecule has 2 aromatic heterocycles. The van der Waals surface area contributed by atoms with Crippen LogP contribution in [0.1, 0.15) is 11.7 Å². The van der Waals surface area contributed by atoms with Crippen molar-refractivity contribution in [1.82, 2.24) is 25.2 Å². The first-order chi connectivity index (χ1) is 11.1. The number of benzene rings is 1. The van der Waals surface area contributed by atoms with Gasteiger partial charge in [0.25, 0.3) is 5.69 Å². The summed E-state index contributed by atoms with van der Waals surface area (Å²) in [4.78, 5) is 15.5. The third kappa shape index (κ3) is 3.35. The number of pyridine rings is 1. The summed E-state index contributed by atoms with van der Waals surface area (Å²) >= 11 is 0. The normalized spacial score (nSPS) is 12.0. The van der Waals surface area contributed by atoms with Gasteiger partial charge in [-0.05, 0) is 22.9 Å². The summed E-state index contributed by atoms with van der Waals surface area (Å²) in [7, 11) is 0. The average molecular weight is 312 g/mol. The minimum Gasteiger partial charge on any atom is -0.386 e. The molecule has 1 unspecified atom stereocenters. The van der Waals surface area contributed by atoms with Crippen molar-refractivity contribution in [2.75, 3.05) is 0 Å². The van der Waals surface area contributed by atoms with Crippen molar-refractivity contribution in [1.29, 1.82) is 0 Å². The van der Waals surface area contributed by atoms with Crippen LogP contribution in [0.3, 0.4) is 0 Å². The first-order valence-electron chi connectivity index (χ1n) is 6.74. The quantitative estimate of drug-likeness (QED) is 0.558. The van der Waals surface area contributed by atoms with Crippen molar-refractivity contribution >= 4 is 5.69 Å². The first-order valence-corrected chi connectivity index (χ1v) is 6.74. The van der Waals surface area contributed by atoms with Crippen LogP contribution in [0.4, 0.5) is 5.69 Å². The van der Waals surface area contributed by atoms with Crippen molar-refractivity contribution in [3.63, 3.8) is 0 Å². The number of non-ortho nitro benzene ring substituents is 1. The molecule has 0 spiro atoms. The maximum Gasteiger partial charge on any atom is 0.269 e. The SMILES string of the molecule is O=[N+]([O-])c1cccc(C(O)Cn2nnc(-c3cccnc3)n2)c1. The van der Waals surface area contributed by atoms with Gasteiger partial charge in [0.1, 0.15) is 6.10 Å². The highest BCUT2D eigenvalue weighted by Crippen LogP contribution is 2.20. The maximum atomic E-state index is 10.8. The molecule has 3 aromatic rings. The number of nitrogens with zero attached hydrogens (tertiary/aromatic N) is 6. The Bertz CT molecular complexity index is 820. The van der Waals surface area contributed by atoms with Gasteiger partial charge in [-0.1, -0.05) is 12.1 Å². The van der Waals surface area contributed by atoms with Crippen LogP contribution in [0.5, 0.6) is 0 Å². The van der Waals surface area contributed by atoms with Crippen molar-refractivity contribution in [2.45, 2.75) is 12.6 Å². The molecule has 116 valence electrons. The van der Waals surface area contributed by atoms with Crippen LogP contribution < -0.4 is 0 Å². The number of hydrogen-bond acceptors (Lipinski definition) is 7. The molecule has 2 heterocycles. The summed E-state index contributed by atoms with van der Waals surface area (Å²) in [6.45, 7) is 0.0361. The second-order valence-corrected chi connectivity index (χ2v) is 4.78. The highest BCUT2D eigenvalue weighted by atomic mass is 16.6. The fourth-order valence-electron chi connectivity index (χ4n) is 2.04. The van der Waals surface area contributed by atoms with E-state index in [1.807, 2.05) is 0 Å². The fourth-order valence-corrected chi connectivity index (χ4v) is 2.04. The minimum absolute atomic E-state index is 0.0361. The molecule has 0 saturated heterocycles. The third-order valence-electron chi connectivity index (χ3n) is 3.17. The standard InChI is InChI=1S/C14H12N6O3/c21-13(10-3-1-5-12(7-10)20(22)23)9-19-17-14(16-18-19)11-4-2-6-15-8-11/h1-8,13,21H,9H2. The predicted octanol–water partition coefficient (Wildman–Crippen LogP) is 1.38. The van der Waals surface area contributed by atoms with Crippen LogP contribution in [0.2, 0.25) is 0 Å². The Morgan fingerprint density at radius 3 is 2.91 bits per heavy atom. The van der Waals surface area contributed by atoms with E-state index in [-0.39, 0.29) is 12.2 Å². The van der Waals surface area contributed by atoms with Gasteiger partial charge in [0.2, 0.25) is 5.82 Å². The smallest absolute Gasteiger partial charge is 0.269 e. The van der Waals surface area contributed by atoms with E-state index < -0.39 is 11.0 Å². The van der Waals surface area contributed by atoms with Crippen molar-refractivity contribution in [3.8, 4) is 11.4 Å². The van der Waals surface area contributed by atoms with E-state index >= 15 is 0 Å². The molecule has 0 fully saturated rings. The van der Waals surface area contributed by atoms with Gasteiger partial charge >= 0.3 is 0 Å². The molecule has 1 aromatic carbocycles. The molecule has 0 bridgehead atoms. The first kappa shape index (κ1) is 14.7. The number of aliphatic hydroxyl groups excluding tert-OH is 1. The average Bonchev–Trinajstić information content (AvgIpc) is 3.04. The van der Waals surface area contributed by atoms with E-state index in [9.17, 15) is 15.2 Å². The molecule has 0 aliphatic rings. The van der Waals surface area contributed by atoms with E-state index in [4.69, 9.17) is 0 Å². The van der Waals surface area contributed by atoms with Crippen LogP contribution in [-0.4, -0.2) is 35.2 Å². The van der Waals surface area contributed by atoms with Gasteiger partial charge in [-0.15, -0.1) is 10.2 Å². The van der Waals surface area contributed by atoms with Gasteiger partial charge in [-0.2, -0.15) is 4.80 Å². The predicted molar refractivity (Wildman–Crippen MR) is 79.1 cm³/mol. The number of nitro benzene ring substituents is 1. The maximum absolute atomic E-state index is 10.8. The molecule has 1 atom stereocenters. The fraction of sp³-hybridized carbons (Fsp3) is 0.143. The lowest BCUT2D eigenvalue weighted by Gasteiger charge is -2.09. The Labute approximate surface area is 130 Å². The number of aromatic nitrogens is 5. The van der Waals surface area contributed by atoms with E-state index in [0.29, 0.717) is 17.0 Å². The Morgan fingerprint density at radius 2 is 2.17 bits per heavy atom. The van der Waals surface area contributed by atoms with Crippen LogP contribution in [0.25, 0.3) is 11.4 Å². The number of aliphatic hydroxyl groups is 1. The van der Waals surface area contributed by atoms with Gasteiger partial charge in [-0.25, -0.2) is 0 Å². The van der Waals surface area contributed by atoms with Crippen molar-refractivity contribution in [2.24, 2.45) is 0 Å². The molecule has 0 saturated carbocycles. The largest absolute Gasteiger partial charge is 0.386 e. The molecule has 1 N–H and O–H groups in total. The summed E-state index contributed by atoms with van der Waals surface area (Å²) in [5, 5.41) is 32.9. The zero-order valence-electron chi connectivity index (χ0n) is 11.9. The van der Waals surface area contributed by atoms with Gasteiger partial charge in [0.05, 0.1) is 11.5 Å². The Balaban J connectivity index is 1.76. The molecular formula is C14H12N6O3. The number of hydrogen-bond donors (Lipinski definition) is 1. The van der Waals surface area contributed by atoms with Crippen LogP contribution in [0, 0.1) is 10.1 Å². The van der Waals surface area contributed by atoms with Crippen LogP contribution in [0.15, 0.2) is 48.8 Å². The third-order valence-corrected chi connectivity index (χ3v) is 3.17. The van der Waals surface area contributed by atoms with Crippen molar-refractivity contribution < 1.29 is 10.0 Å². The summed E-state index contributed by atoms with van der Waals surface area (Å²) in [5.41, 5.74) is 1.05. The summed E-state index contributed by atoms with van der Waals surface area (Å²) in [6, 6.07) is 9.37. The van der Waals surface area contributed by atoms with E-state index in [0.717, 1.165) is 0 Å². The molecule has 0 aliphatic heterocycles. The highest BCUT2D eigenvalue weighted by Gasteiger charge is 2.15. The monoisotopic (exact) mass is 312 g/mol. The molecule has 0 amide bonds. The van der Waals surface area contributed by atoms with Crippen LogP contribution in [-0.2, 0) is 6.54 Å². The van der Waals surface area contributed by atoms with E-state index in [2.05, 4.69) is 20.4 Å². The number of rotatable bonds is 5. The molecule has 0 radical (unpaired) electrons. The molecule has 9 nitrogen and oxygen atoms in total. The van der Waals surface area contributed by atoms with E-state index in [1.54, 1.807) is 30.6 Å². The Kier molecular flexibility index (Phi) is 4.02. The Morgan fingerprint density at radius 1 is 1.30 bits per heavy atom. The lowest BCUT2D eigenvalue weighted by Crippen LogP contribution is -2.11. The lowest BCUT2D eigenvalue weighted by molar-refractivity contribution is -0.385. The van der Waals surface area contributed by atoms with Crippen LogP contribution >= 0.6 is 0 Å². The zero-order chi connectivity index (χ0) is 16.2. The van der Waals surface area contributed by atoms with E-state index in [1.165, 1.54) is 23.0 Å². The molecule has 3 rings (SSSR count). The number of nitro groups is 1.